The van der Waals surface area contributed by atoms with Gasteiger partial charge in [0.15, 0.2) is 0 Å². The van der Waals surface area contributed by atoms with Crippen molar-refractivity contribution in [3.8, 4) is 33.6 Å². The van der Waals surface area contributed by atoms with Gasteiger partial charge in [-0.2, -0.15) is 0 Å². The van der Waals surface area contributed by atoms with Crippen LogP contribution in [0.5, 0.6) is 0 Å². The molecule has 0 saturated heterocycles. The number of hydrogen-bond donors (Lipinski definition) is 0. The molecule has 0 aliphatic heterocycles. The maximum absolute atomic E-state index is 5.09. The third-order valence-electron chi connectivity index (χ3n) is 7.56. The molecule has 1 heterocycles. The number of aromatic nitrogens is 1. The molecular weight excluding hydrogens is 458 g/mol. The van der Waals surface area contributed by atoms with Crippen LogP contribution < -0.4 is 0 Å². The van der Waals surface area contributed by atoms with Crippen molar-refractivity contribution in [2.45, 2.75) is 91.4 Å². The summed E-state index contributed by atoms with van der Waals surface area (Å²) in [4.78, 5) is 5.09. The van der Waals surface area contributed by atoms with Crippen molar-refractivity contribution in [3.63, 3.8) is 0 Å². The first-order chi connectivity index (χ1) is 18.6. The van der Waals surface area contributed by atoms with Crippen molar-refractivity contribution < 1.29 is 0 Å². The minimum Gasteiger partial charge on any atom is -0.248 e. The Hall–Kier alpha value is -3.19. The zero-order valence-corrected chi connectivity index (χ0v) is 23.8. The van der Waals surface area contributed by atoms with Gasteiger partial charge < -0.3 is 0 Å². The zero-order valence-electron chi connectivity index (χ0n) is 23.8. The maximum Gasteiger partial charge on any atom is 0.0715 e. The molecule has 0 unspecified atom stereocenters. The van der Waals surface area contributed by atoms with Gasteiger partial charge in [0.25, 0.3) is 0 Å². The Morgan fingerprint density at radius 1 is 0.474 bits per heavy atom. The molecule has 0 bridgehead atoms. The summed E-state index contributed by atoms with van der Waals surface area (Å²) in [6.07, 6.45) is 15.0. The van der Waals surface area contributed by atoms with Crippen molar-refractivity contribution in [3.05, 3.63) is 102 Å². The fourth-order valence-electron chi connectivity index (χ4n) is 5.28. The van der Waals surface area contributed by atoms with Crippen LogP contribution in [0, 0.1) is 13.8 Å². The van der Waals surface area contributed by atoms with Gasteiger partial charge >= 0.3 is 0 Å². The van der Waals surface area contributed by atoms with Crippen molar-refractivity contribution >= 4 is 0 Å². The average molecular weight is 504 g/mol. The maximum atomic E-state index is 5.09. The van der Waals surface area contributed by atoms with E-state index in [-0.39, 0.29) is 0 Å². The van der Waals surface area contributed by atoms with E-state index in [1.54, 1.807) is 0 Å². The smallest absolute Gasteiger partial charge is 0.0715 e. The zero-order chi connectivity index (χ0) is 26.6. The second kappa shape index (κ2) is 14.7. The first kappa shape index (κ1) is 27.8. The lowest BCUT2D eigenvalue weighted by Gasteiger charge is -2.12. The summed E-state index contributed by atoms with van der Waals surface area (Å²) >= 11 is 0. The Balaban J connectivity index is 1.41. The molecule has 198 valence electrons. The van der Waals surface area contributed by atoms with Gasteiger partial charge in [0.1, 0.15) is 0 Å². The molecule has 4 rings (SSSR count). The Bertz CT molecular complexity index is 1200. The molecule has 1 aromatic heterocycles. The molecule has 0 N–H and O–H groups in total. The van der Waals surface area contributed by atoms with Gasteiger partial charge in [-0.1, -0.05) is 137 Å². The van der Waals surface area contributed by atoms with Crippen LogP contribution >= 0.6 is 0 Å². The van der Waals surface area contributed by atoms with Crippen molar-refractivity contribution in [2.75, 3.05) is 0 Å². The van der Waals surface area contributed by atoms with Crippen LogP contribution in [0.25, 0.3) is 33.6 Å². The molecule has 0 amide bonds. The fraction of sp³-hybridized carbons (Fsp3) is 0.378. The quantitative estimate of drug-likeness (QED) is 0.156. The normalized spacial score (nSPS) is 11.1. The minimum atomic E-state index is 1.03. The number of pyridine rings is 1. The van der Waals surface area contributed by atoms with Gasteiger partial charge in [-0.25, -0.2) is 4.98 Å². The predicted molar refractivity (Wildman–Crippen MR) is 166 cm³/mol. The summed E-state index contributed by atoms with van der Waals surface area (Å²) < 4.78 is 0. The van der Waals surface area contributed by atoms with E-state index in [0.717, 1.165) is 11.4 Å². The van der Waals surface area contributed by atoms with Crippen LogP contribution in [-0.2, 0) is 6.42 Å². The number of rotatable bonds is 14. The summed E-state index contributed by atoms with van der Waals surface area (Å²) in [5.41, 5.74) is 10.8. The highest BCUT2D eigenvalue weighted by atomic mass is 14.7. The van der Waals surface area contributed by atoms with Crippen molar-refractivity contribution in [1.29, 1.82) is 0 Å². The van der Waals surface area contributed by atoms with E-state index in [4.69, 9.17) is 4.98 Å². The molecule has 0 radical (unpaired) electrons. The second-order valence-electron chi connectivity index (χ2n) is 11.0. The lowest BCUT2D eigenvalue weighted by atomic mass is 9.97. The summed E-state index contributed by atoms with van der Waals surface area (Å²) in [5.74, 6) is 0. The SMILES string of the molecule is CCCCCCCCCCCCc1ccc(-c2cc(-c3cccc(C)c3)nc(-c3cccc(C)c3)c2)cc1. The van der Waals surface area contributed by atoms with E-state index in [9.17, 15) is 0 Å². The van der Waals surface area contributed by atoms with E-state index in [0.29, 0.717) is 0 Å². The topological polar surface area (TPSA) is 12.9 Å². The Labute approximate surface area is 231 Å². The highest BCUT2D eigenvalue weighted by Gasteiger charge is 2.10. The van der Waals surface area contributed by atoms with Gasteiger partial charge in [0, 0.05) is 11.1 Å². The molecule has 0 fully saturated rings. The second-order valence-corrected chi connectivity index (χ2v) is 11.0. The van der Waals surface area contributed by atoms with E-state index in [2.05, 4.69) is 106 Å². The molecule has 38 heavy (non-hydrogen) atoms. The Morgan fingerprint density at radius 3 is 1.47 bits per heavy atom. The molecule has 0 atom stereocenters. The molecule has 3 aromatic carbocycles. The van der Waals surface area contributed by atoms with E-state index in [1.807, 2.05) is 0 Å². The first-order valence-electron chi connectivity index (χ1n) is 14.9. The van der Waals surface area contributed by atoms with Gasteiger partial charge in [-0.05, 0) is 67.6 Å². The first-order valence-corrected chi connectivity index (χ1v) is 14.9. The van der Waals surface area contributed by atoms with E-state index >= 15 is 0 Å². The number of aryl methyl sites for hydroxylation is 3. The number of unbranched alkanes of at least 4 members (excludes halogenated alkanes) is 9. The van der Waals surface area contributed by atoms with Crippen LogP contribution in [-0.4, -0.2) is 4.98 Å². The molecule has 1 heteroatoms. The van der Waals surface area contributed by atoms with E-state index in [1.165, 1.54) is 110 Å². The highest BCUT2D eigenvalue weighted by molar-refractivity contribution is 5.77. The molecular formula is C37H45N. The van der Waals surface area contributed by atoms with Gasteiger partial charge in [0.2, 0.25) is 0 Å². The largest absolute Gasteiger partial charge is 0.248 e. The summed E-state index contributed by atoms with van der Waals surface area (Å²) in [7, 11) is 0. The molecule has 0 saturated carbocycles. The van der Waals surface area contributed by atoms with Crippen LogP contribution in [0.1, 0.15) is 87.8 Å². The summed E-state index contributed by atoms with van der Waals surface area (Å²) in [6.45, 7) is 6.57. The fourth-order valence-corrected chi connectivity index (χ4v) is 5.28. The molecule has 0 spiro atoms. The van der Waals surface area contributed by atoms with Crippen molar-refractivity contribution in [1.82, 2.24) is 4.98 Å². The monoisotopic (exact) mass is 503 g/mol. The predicted octanol–water partition coefficient (Wildman–Crippen LogP) is 11.2. The van der Waals surface area contributed by atoms with E-state index < -0.39 is 0 Å². The van der Waals surface area contributed by atoms with Crippen molar-refractivity contribution in [2.24, 2.45) is 0 Å². The Kier molecular flexibility index (Phi) is 10.7. The van der Waals surface area contributed by atoms with Gasteiger partial charge in [-0.15, -0.1) is 0 Å². The number of hydrogen-bond acceptors (Lipinski definition) is 1. The average Bonchev–Trinajstić information content (AvgIpc) is 2.94. The number of nitrogens with zero attached hydrogens (tertiary/aromatic N) is 1. The minimum absolute atomic E-state index is 1.03. The highest BCUT2D eigenvalue weighted by Crippen LogP contribution is 2.31. The Morgan fingerprint density at radius 2 is 0.974 bits per heavy atom. The standard InChI is InChI=1S/C37H45N/c1-4-5-6-7-8-9-10-11-12-13-18-31-21-23-32(24-22-31)35-27-36(33-19-14-16-29(2)25-33)38-37(28-35)34-20-15-17-30(3)26-34/h14-17,19-28H,4-13,18H2,1-3H3. The lowest BCUT2D eigenvalue weighted by Crippen LogP contribution is -1.92. The molecule has 1 nitrogen and oxygen atoms in total. The third kappa shape index (κ3) is 8.42. The van der Waals surface area contributed by atoms with Gasteiger partial charge in [0.05, 0.1) is 11.4 Å². The lowest BCUT2D eigenvalue weighted by molar-refractivity contribution is 0.556. The summed E-state index contributed by atoms with van der Waals surface area (Å²) in [5, 5.41) is 0. The van der Waals surface area contributed by atoms with Gasteiger partial charge in [-0.3, -0.25) is 0 Å². The van der Waals surface area contributed by atoms with Crippen LogP contribution in [0.15, 0.2) is 84.9 Å². The molecule has 0 aliphatic rings. The van der Waals surface area contributed by atoms with Crippen LogP contribution in [0.3, 0.4) is 0 Å². The number of benzene rings is 3. The van der Waals surface area contributed by atoms with Crippen LogP contribution in [0.4, 0.5) is 0 Å². The van der Waals surface area contributed by atoms with Crippen LogP contribution in [0.2, 0.25) is 0 Å². The molecule has 0 aliphatic carbocycles. The molecule has 4 aromatic rings. The third-order valence-corrected chi connectivity index (χ3v) is 7.56. The summed E-state index contributed by atoms with van der Waals surface area (Å²) in [6, 6.07) is 31.0.